The molecule has 0 radical (unpaired) electrons. The molecule has 1 aliphatic rings. The minimum absolute atomic E-state index is 0.0564. The highest BCUT2D eigenvalue weighted by molar-refractivity contribution is 5.96. The molecule has 7 nitrogen and oxygen atoms in total. The molecule has 0 saturated carbocycles. The van der Waals surface area contributed by atoms with Crippen molar-refractivity contribution in [3.8, 4) is 0 Å². The largest absolute Gasteiger partial charge is 0.376 e. The summed E-state index contributed by atoms with van der Waals surface area (Å²) < 4.78 is 0. The zero-order chi connectivity index (χ0) is 20.6. The number of carbonyl (C=O) groups excluding carboxylic acids is 3. The van der Waals surface area contributed by atoms with Crippen LogP contribution in [0.25, 0.3) is 0 Å². The Labute approximate surface area is 170 Å². The van der Waals surface area contributed by atoms with Gasteiger partial charge in [0.15, 0.2) is 0 Å². The lowest BCUT2D eigenvalue weighted by Gasteiger charge is -2.15. The van der Waals surface area contributed by atoms with Gasteiger partial charge in [0.25, 0.3) is 5.91 Å². The summed E-state index contributed by atoms with van der Waals surface area (Å²) in [6.07, 6.45) is 2.55. The molecule has 7 heteroatoms. The van der Waals surface area contributed by atoms with E-state index in [4.69, 9.17) is 0 Å². The Morgan fingerprint density at radius 3 is 1.86 bits per heavy atom. The third kappa shape index (κ3) is 5.81. The fourth-order valence-electron chi connectivity index (χ4n) is 3.11. The molecule has 152 valence electrons. The van der Waals surface area contributed by atoms with E-state index >= 15 is 0 Å². The number of likely N-dealkylation sites (tertiary alicyclic amines) is 1. The normalized spacial score (nSPS) is 13.1. The highest BCUT2D eigenvalue weighted by Gasteiger charge is 2.19. The quantitative estimate of drug-likeness (QED) is 0.672. The molecule has 3 rings (SSSR count). The Morgan fingerprint density at radius 2 is 1.31 bits per heavy atom. The van der Waals surface area contributed by atoms with Gasteiger partial charge in [-0.2, -0.15) is 0 Å². The molecule has 0 unspecified atom stereocenters. The van der Waals surface area contributed by atoms with E-state index in [1.54, 1.807) is 43.3 Å². The van der Waals surface area contributed by atoms with Crippen LogP contribution in [-0.4, -0.2) is 42.3 Å². The summed E-state index contributed by atoms with van der Waals surface area (Å²) in [7, 11) is 0. The topological polar surface area (TPSA) is 90.5 Å². The molecule has 1 fully saturated rings. The van der Waals surface area contributed by atoms with Gasteiger partial charge in [-0.1, -0.05) is 6.92 Å². The first-order valence-corrected chi connectivity index (χ1v) is 9.88. The predicted molar refractivity (Wildman–Crippen MR) is 114 cm³/mol. The number of nitrogens with one attached hydrogen (secondary N) is 3. The van der Waals surface area contributed by atoms with Gasteiger partial charge in [-0.3, -0.25) is 14.4 Å². The van der Waals surface area contributed by atoms with Crippen molar-refractivity contribution in [3.05, 3.63) is 54.1 Å². The Balaban J connectivity index is 1.46. The Hall–Kier alpha value is -3.35. The van der Waals surface area contributed by atoms with Crippen molar-refractivity contribution in [2.24, 2.45) is 0 Å². The maximum absolute atomic E-state index is 12.3. The average Bonchev–Trinajstić information content (AvgIpc) is 3.28. The number of hydrogen-bond acceptors (Lipinski definition) is 4. The van der Waals surface area contributed by atoms with Crippen LogP contribution in [0.1, 0.15) is 36.5 Å². The van der Waals surface area contributed by atoms with E-state index in [0.29, 0.717) is 23.4 Å². The van der Waals surface area contributed by atoms with E-state index < -0.39 is 0 Å². The van der Waals surface area contributed by atoms with Crippen molar-refractivity contribution in [1.82, 2.24) is 4.90 Å². The summed E-state index contributed by atoms with van der Waals surface area (Å²) in [5.74, 6) is -0.183. The van der Waals surface area contributed by atoms with Crippen LogP contribution >= 0.6 is 0 Å². The summed E-state index contributed by atoms with van der Waals surface area (Å²) in [5.41, 5.74) is 2.78. The van der Waals surface area contributed by atoms with Gasteiger partial charge in [-0.05, 0) is 61.4 Å². The summed E-state index contributed by atoms with van der Waals surface area (Å²) in [4.78, 5) is 37.7. The SMILES string of the molecule is CCC(=O)Nc1ccc(NC(=O)CNc2ccc(C(=O)N3CCCC3)cc2)cc1. The Morgan fingerprint density at radius 1 is 0.793 bits per heavy atom. The van der Waals surface area contributed by atoms with E-state index in [2.05, 4.69) is 16.0 Å². The summed E-state index contributed by atoms with van der Waals surface area (Å²) >= 11 is 0. The molecule has 3 amide bonds. The number of carbonyl (C=O) groups is 3. The molecule has 0 atom stereocenters. The fraction of sp³-hybridized carbons (Fsp3) is 0.318. The summed E-state index contributed by atoms with van der Waals surface area (Å²) in [6.45, 7) is 3.54. The molecule has 2 aromatic carbocycles. The first kappa shape index (κ1) is 20.4. The summed E-state index contributed by atoms with van der Waals surface area (Å²) in [5, 5.41) is 8.61. The van der Waals surface area contributed by atoms with E-state index in [0.717, 1.165) is 31.6 Å². The zero-order valence-corrected chi connectivity index (χ0v) is 16.5. The van der Waals surface area contributed by atoms with Gasteiger partial charge in [0, 0.05) is 42.1 Å². The lowest BCUT2D eigenvalue weighted by molar-refractivity contribution is -0.116. The highest BCUT2D eigenvalue weighted by atomic mass is 16.2. The second-order valence-corrected chi connectivity index (χ2v) is 6.96. The van der Waals surface area contributed by atoms with Crippen molar-refractivity contribution in [2.45, 2.75) is 26.2 Å². The summed E-state index contributed by atoms with van der Waals surface area (Å²) in [6, 6.07) is 14.1. The molecular weight excluding hydrogens is 368 g/mol. The predicted octanol–water partition coefficient (Wildman–Crippen LogP) is 3.32. The second-order valence-electron chi connectivity index (χ2n) is 6.96. The lowest BCUT2D eigenvalue weighted by atomic mass is 10.2. The van der Waals surface area contributed by atoms with Crippen molar-refractivity contribution in [1.29, 1.82) is 0 Å². The Kier molecular flexibility index (Phi) is 6.84. The third-order valence-corrected chi connectivity index (χ3v) is 4.75. The van der Waals surface area contributed by atoms with Gasteiger partial charge in [-0.25, -0.2) is 0 Å². The number of benzene rings is 2. The lowest BCUT2D eigenvalue weighted by Crippen LogP contribution is -2.27. The number of rotatable bonds is 7. The standard InChI is InChI=1S/C22H26N4O3/c1-2-20(27)24-18-9-11-19(12-10-18)25-21(28)15-23-17-7-5-16(6-8-17)22(29)26-13-3-4-14-26/h5-12,23H,2-4,13-15H2,1H3,(H,24,27)(H,25,28). The molecule has 0 aromatic heterocycles. The monoisotopic (exact) mass is 394 g/mol. The van der Waals surface area contributed by atoms with Crippen molar-refractivity contribution < 1.29 is 14.4 Å². The van der Waals surface area contributed by atoms with Gasteiger partial charge in [0.2, 0.25) is 11.8 Å². The maximum Gasteiger partial charge on any atom is 0.253 e. The molecule has 1 saturated heterocycles. The molecule has 0 spiro atoms. The fourth-order valence-corrected chi connectivity index (χ4v) is 3.11. The molecule has 1 heterocycles. The number of anilines is 3. The van der Waals surface area contributed by atoms with Gasteiger partial charge < -0.3 is 20.9 Å². The van der Waals surface area contributed by atoms with Crippen LogP contribution in [0.5, 0.6) is 0 Å². The zero-order valence-electron chi connectivity index (χ0n) is 16.5. The average molecular weight is 394 g/mol. The van der Waals surface area contributed by atoms with Crippen molar-refractivity contribution >= 4 is 34.8 Å². The van der Waals surface area contributed by atoms with Gasteiger partial charge in [0.05, 0.1) is 6.54 Å². The van der Waals surface area contributed by atoms with Gasteiger partial charge in [-0.15, -0.1) is 0 Å². The van der Waals surface area contributed by atoms with Crippen LogP contribution in [0, 0.1) is 0 Å². The maximum atomic E-state index is 12.3. The van der Waals surface area contributed by atoms with Gasteiger partial charge in [0.1, 0.15) is 0 Å². The second kappa shape index (κ2) is 9.73. The molecule has 29 heavy (non-hydrogen) atoms. The van der Waals surface area contributed by atoms with E-state index in [1.807, 2.05) is 17.0 Å². The molecule has 2 aromatic rings. The molecule has 0 bridgehead atoms. The first-order chi connectivity index (χ1) is 14.0. The smallest absolute Gasteiger partial charge is 0.253 e. The van der Waals surface area contributed by atoms with Gasteiger partial charge >= 0.3 is 0 Å². The number of nitrogens with zero attached hydrogens (tertiary/aromatic N) is 1. The molecular formula is C22H26N4O3. The first-order valence-electron chi connectivity index (χ1n) is 9.88. The third-order valence-electron chi connectivity index (χ3n) is 4.75. The van der Waals surface area contributed by atoms with Crippen LogP contribution in [0.2, 0.25) is 0 Å². The highest BCUT2D eigenvalue weighted by Crippen LogP contribution is 2.16. The number of amides is 3. The Bertz CT molecular complexity index is 857. The van der Waals surface area contributed by atoms with E-state index in [-0.39, 0.29) is 24.3 Å². The molecule has 3 N–H and O–H groups in total. The van der Waals surface area contributed by atoms with Crippen molar-refractivity contribution in [3.63, 3.8) is 0 Å². The van der Waals surface area contributed by atoms with Crippen LogP contribution in [0.3, 0.4) is 0 Å². The van der Waals surface area contributed by atoms with Crippen LogP contribution in [0.15, 0.2) is 48.5 Å². The van der Waals surface area contributed by atoms with Crippen LogP contribution < -0.4 is 16.0 Å². The van der Waals surface area contributed by atoms with E-state index in [9.17, 15) is 14.4 Å². The molecule has 1 aliphatic heterocycles. The van der Waals surface area contributed by atoms with Crippen molar-refractivity contribution in [2.75, 3.05) is 35.6 Å². The van der Waals surface area contributed by atoms with E-state index in [1.165, 1.54) is 0 Å². The van der Waals surface area contributed by atoms with Crippen LogP contribution in [0.4, 0.5) is 17.1 Å². The van der Waals surface area contributed by atoms with Crippen LogP contribution in [-0.2, 0) is 9.59 Å². The number of hydrogen-bond donors (Lipinski definition) is 3. The minimum atomic E-state index is -0.187. The molecule has 0 aliphatic carbocycles. The minimum Gasteiger partial charge on any atom is -0.376 e.